The maximum absolute atomic E-state index is 6.08. The molecule has 1 saturated heterocycles. The van der Waals surface area contributed by atoms with E-state index in [0.717, 1.165) is 17.3 Å². The van der Waals surface area contributed by atoms with Gasteiger partial charge in [-0.1, -0.05) is 30.2 Å². The Balaban J connectivity index is 1.64. The Bertz CT molecular complexity index is 335. The Morgan fingerprint density at radius 3 is 2.65 bits per heavy atom. The Kier molecular flexibility index (Phi) is 5.14. The molecule has 0 unspecified atom stereocenters. The van der Waals surface area contributed by atoms with Crippen molar-refractivity contribution in [3.05, 3.63) is 29.3 Å². The molecule has 1 heterocycles. The summed E-state index contributed by atoms with van der Waals surface area (Å²) in [6.45, 7) is 4.77. The molecule has 0 aliphatic carbocycles. The number of rotatable bonds is 5. The van der Waals surface area contributed by atoms with E-state index in [-0.39, 0.29) is 0 Å². The largest absolute Gasteiger partial charge is 0.384 e. The molecule has 1 aliphatic rings. The summed E-state index contributed by atoms with van der Waals surface area (Å²) in [6, 6.07) is 7.93. The average molecular weight is 253 g/mol. The summed E-state index contributed by atoms with van der Waals surface area (Å²) >= 11 is 6.08. The molecule has 0 saturated carbocycles. The van der Waals surface area contributed by atoms with Gasteiger partial charge in [-0.2, -0.15) is 0 Å². The predicted molar refractivity (Wildman–Crippen MR) is 74.8 cm³/mol. The minimum absolute atomic E-state index is 0.811. The summed E-state index contributed by atoms with van der Waals surface area (Å²) in [4.78, 5) is 2.57. The van der Waals surface area contributed by atoms with Crippen LogP contribution in [0.3, 0.4) is 0 Å². The predicted octanol–water partition coefficient (Wildman–Crippen LogP) is 3.63. The molecule has 94 valence electrons. The lowest BCUT2D eigenvalue weighted by Gasteiger charge is -2.26. The Morgan fingerprint density at radius 1 is 1.12 bits per heavy atom. The third kappa shape index (κ3) is 4.21. The van der Waals surface area contributed by atoms with Crippen molar-refractivity contribution in [3.63, 3.8) is 0 Å². The van der Waals surface area contributed by atoms with Gasteiger partial charge in [-0.3, -0.25) is 0 Å². The number of nitrogens with one attached hydrogen (secondary N) is 1. The van der Waals surface area contributed by atoms with Crippen LogP contribution in [0.25, 0.3) is 0 Å². The van der Waals surface area contributed by atoms with Gasteiger partial charge >= 0.3 is 0 Å². The number of anilines is 1. The topological polar surface area (TPSA) is 15.3 Å². The van der Waals surface area contributed by atoms with Crippen LogP contribution in [0.1, 0.15) is 25.7 Å². The second-order valence-electron chi connectivity index (χ2n) is 4.66. The molecule has 0 amide bonds. The van der Waals surface area contributed by atoms with Gasteiger partial charge in [0.15, 0.2) is 0 Å². The minimum Gasteiger partial charge on any atom is -0.384 e. The maximum Gasteiger partial charge on any atom is 0.0637 e. The van der Waals surface area contributed by atoms with Crippen molar-refractivity contribution in [2.24, 2.45) is 0 Å². The Labute approximate surface area is 109 Å². The van der Waals surface area contributed by atoms with Gasteiger partial charge in [0.05, 0.1) is 10.7 Å². The van der Waals surface area contributed by atoms with Crippen LogP contribution in [0.2, 0.25) is 5.02 Å². The summed E-state index contributed by atoms with van der Waals surface area (Å²) in [6.07, 6.45) is 5.34. The van der Waals surface area contributed by atoms with E-state index in [2.05, 4.69) is 10.2 Å². The molecule has 0 aromatic heterocycles. The van der Waals surface area contributed by atoms with Crippen LogP contribution in [0.15, 0.2) is 24.3 Å². The molecule has 1 aromatic carbocycles. The molecule has 1 aromatic rings. The molecule has 1 aliphatic heterocycles. The summed E-state index contributed by atoms with van der Waals surface area (Å²) in [7, 11) is 0. The third-order valence-electron chi connectivity index (χ3n) is 3.29. The zero-order chi connectivity index (χ0) is 11.9. The van der Waals surface area contributed by atoms with Crippen molar-refractivity contribution in [3.8, 4) is 0 Å². The first-order chi connectivity index (χ1) is 8.36. The van der Waals surface area contributed by atoms with Crippen LogP contribution in [0.5, 0.6) is 0 Å². The van der Waals surface area contributed by atoms with Gasteiger partial charge < -0.3 is 10.2 Å². The molecule has 17 heavy (non-hydrogen) atoms. The van der Waals surface area contributed by atoms with Gasteiger partial charge in [0.25, 0.3) is 0 Å². The van der Waals surface area contributed by atoms with E-state index >= 15 is 0 Å². The molecule has 2 nitrogen and oxygen atoms in total. The highest BCUT2D eigenvalue weighted by molar-refractivity contribution is 6.33. The number of hydrogen-bond acceptors (Lipinski definition) is 2. The van der Waals surface area contributed by atoms with Crippen molar-refractivity contribution in [2.75, 3.05) is 31.5 Å². The standard InChI is InChI=1S/C14H21ClN2/c15-13-7-2-3-8-14(13)16-9-6-12-17-10-4-1-5-11-17/h2-3,7-8,16H,1,4-6,9-12H2. The van der Waals surface area contributed by atoms with Gasteiger partial charge in [-0.25, -0.2) is 0 Å². The Morgan fingerprint density at radius 2 is 1.88 bits per heavy atom. The molecular formula is C14H21ClN2. The zero-order valence-corrected chi connectivity index (χ0v) is 11.0. The quantitative estimate of drug-likeness (QED) is 0.806. The first-order valence-electron chi connectivity index (χ1n) is 6.57. The molecule has 2 rings (SSSR count). The highest BCUT2D eigenvalue weighted by Crippen LogP contribution is 2.20. The number of hydrogen-bond donors (Lipinski definition) is 1. The monoisotopic (exact) mass is 252 g/mol. The fraction of sp³-hybridized carbons (Fsp3) is 0.571. The highest BCUT2D eigenvalue weighted by Gasteiger charge is 2.08. The van der Waals surface area contributed by atoms with Crippen LogP contribution in [-0.2, 0) is 0 Å². The fourth-order valence-corrected chi connectivity index (χ4v) is 2.52. The number of nitrogens with zero attached hydrogens (tertiary/aromatic N) is 1. The summed E-state index contributed by atoms with van der Waals surface area (Å²) < 4.78 is 0. The van der Waals surface area contributed by atoms with E-state index in [0.29, 0.717) is 0 Å². The fourth-order valence-electron chi connectivity index (χ4n) is 2.31. The molecule has 0 spiro atoms. The molecule has 0 radical (unpaired) electrons. The van der Waals surface area contributed by atoms with Crippen LogP contribution in [0.4, 0.5) is 5.69 Å². The van der Waals surface area contributed by atoms with E-state index in [9.17, 15) is 0 Å². The van der Waals surface area contributed by atoms with Crippen molar-refractivity contribution < 1.29 is 0 Å². The third-order valence-corrected chi connectivity index (χ3v) is 3.62. The summed E-state index contributed by atoms with van der Waals surface area (Å²) in [5.74, 6) is 0. The number of para-hydroxylation sites is 1. The van der Waals surface area contributed by atoms with Gasteiger partial charge in [0.1, 0.15) is 0 Å². The van der Waals surface area contributed by atoms with Gasteiger partial charge in [0, 0.05) is 6.54 Å². The SMILES string of the molecule is Clc1ccccc1NCCCN1CCCCC1. The van der Waals surface area contributed by atoms with Gasteiger partial charge in [-0.15, -0.1) is 0 Å². The molecule has 1 fully saturated rings. The lowest BCUT2D eigenvalue weighted by molar-refractivity contribution is 0.228. The van der Waals surface area contributed by atoms with Crippen molar-refractivity contribution in [2.45, 2.75) is 25.7 Å². The first kappa shape index (κ1) is 12.7. The molecule has 3 heteroatoms. The van der Waals surface area contributed by atoms with E-state index in [1.165, 1.54) is 45.3 Å². The summed E-state index contributed by atoms with van der Waals surface area (Å²) in [5.41, 5.74) is 1.05. The minimum atomic E-state index is 0.811. The van der Waals surface area contributed by atoms with Gasteiger partial charge in [-0.05, 0) is 51.0 Å². The molecule has 0 atom stereocenters. The molecule has 1 N–H and O–H groups in total. The van der Waals surface area contributed by atoms with Crippen molar-refractivity contribution in [1.82, 2.24) is 4.90 Å². The smallest absolute Gasteiger partial charge is 0.0637 e. The lowest BCUT2D eigenvalue weighted by Crippen LogP contribution is -2.31. The number of piperidine rings is 1. The maximum atomic E-state index is 6.08. The average Bonchev–Trinajstić information content (AvgIpc) is 2.38. The second kappa shape index (κ2) is 6.87. The molecular weight excluding hydrogens is 232 g/mol. The van der Waals surface area contributed by atoms with Crippen LogP contribution < -0.4 is 5.32 Å². The van der Waals surface area contributed by atoms with E-state index in [4.69, 9.17) is 11.6 Å². The lowest BCUT2D eigenvalue weighted by atomic mass is 10.1. The molecule has 0 bridgehead atoms. The first-order valence-corrected chi connectivity index (χ1v) is 6.95. The van der Waals surface area contributed by atoms with E-state index in [1.54, 1.807) is 0 Å². The van der Waals surface area contributed by atoms with Crippen molar-refractivity contribution in [1.29, 1.82) is 0 Å². The number of likely N-dealkylation sites (tertiary alicyclic amines) is 1. The van der Waals surface area contributed by atoms with Crippen LogP contribution >= 0.6 is 11.6 Å². The normalized spacial score (nSPS) is 17.0. The van der Waals surface area contributed by atoms with E-state index in [1.807, 2.05) is 24.3 Å². The summed E-state index contributed by atoms with van der Waals surface area (Å²) in [5, 5.41) is 4.20. The van der Waals surface area contributed by atoms with Crippen molar-refractivity contribution >= 4 is 17.3 Å². The van der Waals surface area contributed by atoms with Gasteiger partial charge in [0.2, 0.25) is 0 Å². The van der Waals surface area contributed by atoms with Crippen LogP contribution in [0, 0.1) is 0 Å². The number of benzene rings is 1. The number of halogens is 1. The zero-order valence-electron chi connectivity index (χ0n) is 10.3. The second-order valence-corrected chi connectivity index (χ2v) is 5.07. The van der Waals surface area contributed by atoms with E-state index < -0.39 is 0 Å². The van der Waals surface area contributed by atoms with Crippen LogP contribution in [-0.4, -0.2) is 31.1 Å². The Hall–Kier alpha value is -0.730. The highest BCUT2D eigenvalue weighted by atomic mass is 35.5.